The number of carbonyl (C=O) groups is 2. The Bertz CT molecular complexity index is 1300. The highest BCUT2D eigenvalue weighted by molar-refractivity contribution is 7.15. The van der Waals surface area contributed by atoms with E-state index in [-0.39, 0.29) is 24.6 Å². The molecule has 1 saturated heterocycles. The van der Waals surface area contributed by atoms with Crippen molar-refractivity contribution in [2.24, 2.45) is 4.99 Å². The van der Waals surface area contributed by atoms with Crippen LogP contribution in [0.2, 0.25) is 0 Å². The third-order valence-electron chi connectivity index (χ3n) is 6.10. The number of aliphatic imine (C=N–C) groups is 1. The Labute approximate surface area is 229 Å². The van der Waals surface area contributed by atoms with Crippen molar-refractivity contribution in [3.8, 4) is 0 Å². The average molecular weight is 552 g/mol. The van der Waals surface area contributed by atoms with Crippen LogP contribution in [0.4, 0.5) is 21.2 Å². The van der Waals surface area contributed by atoms with E-state index in [1.807, 2.05) is 19.2 Å². The van der Waals surface area contributed by atoms with Gasteiger partial charge >= 0.3 is 0 Å². The molecular formula is C26H30FN9O2S. The van der Waals surface area contributed by atoms with Gasteiger partial charge in [0.1, 0.15) is 22.9 Å². The minimum atomic E-state index is -0.311. The highest BCUT2D eigenvalue weighted by Gasteiger charge is 2.25. The SMILES string of the molecule is CNc1ccc(N2CCC(c3nnc(NC(=O)CC4=CNCC=N4)s3)CC2)nn1.O=CCc1ccccc1F. The zero-order valence-electron chi connectivity index (χ0n) is 21.5. The molecular weight excluding hydrogens is 521 g/mol. The molecule has 4 heterocycles. The van der Waals surface area contributed by atoms with Crippen molar-refractivity contribution >= 4 is 46.5 Å². The fourth-order valence-corrected chi connectivity index (χ4v) is 4.97. The Morgan fingerprint density at radius 3 is 2.64 bits per heavy atom. The number of hydrogen-bond donors (Lipinski definition) is 3. The van der Waals surface area contributed by atoms with Gasteiger partial charge in [-0.15, -0.1) is 20.4 Å². The summed E-state index contributed by atoms with van der Waals surface area (Å²) < 4.78 is 12.6. The van der Waals surface area contributed by atoms with Gasteiger partial charge < -0.3 is 25.6 Å². The molecule has 3 aromatic rings. The summed E-state index contributed by atoms with van der Waals surface area (Å²) in [4.78, 5) is 28.6. The standard InChI is InChI=1S/C18H23N9OS.C8H7FO/c1-19-14-2-3-15(24-23-14)27-8-4-12(5-9-27)17-25-26-18(29-17)22-16(28)10-13-11-20-6-7-21-13;9-8-4-2-1-3-7(8)5-6-10/h2-3,7,11-12,20H,4-6,8-10H2,1H3,(H,19,23)(H,22,26,28);1-4,6H,5H2. The molecule has 13 heteroatoms. The first kappa shape index (κ1) is 27.8. The van der Waals surface area contributed by atoms with E-state index in [2.05, 4.69) is 46.2 Å². The number of carbonyl (C=O) groups excluding carboxylic acids is 2. The first-order valence-electron chi connectivity index (χ1n) is 12.6. The van der Waals surface area contributed by atoms with Gasteiger partial charge in [-0.05, 0) is 36.6 Å². The van der Waals surface area contributed by atoms with Crippen LogP contribution >= 0.6 is 11.3 Å². The molecule has 11 nitrogen and oxygen atoms in total. The largest absolute Gasteiger partial charge is 0.384 e. The number of piperidine rings is 1. The van der Waals surface area contributed by atoms with Crippen LogP contribution in [0.15, 0.2) is 53.3 Å². The zero-order chi connectivity index (χ0) is 27.5. The molecule has 1 amide bonds. The van der Waals surface area contributed by atoms with Gasteiger partial charge in [-0.3, -0.25) is 9.79 Å². The molecule has 39 heavy (non-hydrogen) atoms. The van der Waals surface area contributed by atoms with Crippen molar-refractivity contribution in [2.45, 2.75) is 31.6 Å². The number of anilines is 3. The van der Waals surface area contributed by atoms with Gasteiger partial charge in [0.25, 0.3) is 0 Å². The Hall–Kier alpha value is -4.26. The monoisotopic (exact) mass is 551 g/mol. The van der Waals surface area contributed by atoms with Gasteiger partial charge in [0, 0.05) is 51.4 Å². The number of benzene rings is 1. The molecule has 0 spiro atoms. The molecule has 0 bridgehead atoms. The van der Waals surface area contributed by atoms with E-state index in [9.17, 15) is 14.0 Å². The van der Waals surface area contributed by atoms with E-state index >= 15 is 0 Å². The third kappa shape index (κ3) is 8.11. The molecule has 204 valence electrons. The number of nitrogens with one attached hydrogen (secondary N) is 3. The van der Waals surface area contributed by atoms with E-state index in [1.54, 1.807) is 30.6 Å². The van der Waals surface area contributed by atoms with Gasteiger partial charge in [0.2, 0.25) is 11.0 Å². The number of rotatable bonds is 8. The van der Waals surface area contributed by atoms with E-state index in [0.717, 1.165) is 42.6 Å². The van der Waals surface area contributed by atoms with Gasteiger partial charge in [0.05, 0.1) is 12.1 Å². The van der Waals surface area contributed by atoms with Crippen LogP contribution < -0.4 is 20.9 Å². The first-order chi connectivity index (χ1) is 19.1. The van der Waals surface area contributed by atoms with Crippen LogP contribution in [0.5, 0.6) is 0 Å². The Kier molecular flexibility index (Phi) is 10.0. The second kappa shape index (κ2) is 14.0. The fraction of sp³-hybridized carbons (Fsp3) is 0.346. The van der Waals surface area contributed by atoms with Gasteiger partial charge in [0.15, 0.2) is 5.82 Å². The molecule has 2 aromatic heterocycles. The lowest BCUT2D eigenvalue weighted by Gasteiger charge is -2.31. The van der Waals surface area contributed by atoms with Crippen LogP contribution in [0.1, 0.15) is 35.8 Å². The van der Waals surface area contributed by atoms with Crippen molar-refractivity contribution in [3.63, 3.8) is 0 Å². The molecule has 0 unspecified atom stereocenters. The van der Waals surface area contributed by atoms with E-state index in [4.69, 9.17) is 0 Å². The lowest BCUT2D eigenvalue weighted by atomic mass is 9.98. The molecule has 0 saturated carbocycles. The molecule has 0 aliphatic carbocycles. The fourth-order valence-electron chi connectivity index (χ4n) is 4.04. The highest BCUT2D eigenvalue weighted by Crippen LogP contribution is 2.33. The molecule has 0 atom stereocenters. The summed E-state index contributed by atoms with van der Waals surface area (Å²) in [6, 6.07) is 10.2. The zero-order valence-corrected chi connectivity index (χ0v) is 22.3. The maximum absolute atomic E-state index is 12.6. The van der Waals surface area contributed by atoms with Crippen LogP contribution in [-0.2, 0) is 16.0 Å². The van der Waals surface area contributed by atoms with Crippen LogP contribution in [-0.4, -0.2) is 65.5 Å². The van der Waals surface area contributed by atoms with Gasteiger partial charge in [-0.1, -0.05) is 29.5 Å². The van der Waals surface area contributed by atoms with Crippen LogP contribution in [0.25, 0.3) is 0 Å². The predicted molar refractivity (Wildman–Crippen MR) is 150 cm³/mol. The Morgan fingerprint density at radius 1 is 1.15 bits per heavy atom. The van der Waals surface area contributed by atoms with E-state index < -0.39 is 0 Å². The number of aldehydes is 1. The van der Waals surface area contributed by atoms with Crippen LogP contribution in [0.3, 0.4) is 0 Å². The number of aromatic nitrogens is 4. The predicted octanol–water partition coefficient (Wildman–Crippen LogP) is 3.16. The van der Waals surface area contributed by atoms with E-state index in [0.29, 0.717) is 35.1 Å². The molecule has 3 N–H and O–H groups in total. The molecule has 2 aliphatic rings. The second-order valence-corrected chi connectivity index (χ2v) is 9.79. The van der Waals surface area contributed by atoms with E-state index in [1.165, 1.54) is 17.4 Å². The Morgan fingerprint density at radius 2 is 1.97 bits per heavy atom. The Balaban J connectivity index is 0.000000298. The summed E-state index contributed by atoms with van der Waals surface area (Å²) in [5, 5.41) is 27.2. The molecule has 0 radical (unpaired) electrons. The van der Waals surface area contributed by atoms with Crippen molar-refractivity contribution in [3.05, 3.63) is 64.7 Å². The normalized spacial score (nSPS) is 14.9. The summed E-state index contributed by atoms with van der Waals surface area (Å²) in [5.74, 6) is 1.54. The molecule has 1 fully saturated rings. The highest BCUT2D eigenvalue weighted by atomic mass is 32.1. The number of halogens is 1. The maximum Gasteiger partial charge on any atom is 0.232 e. The molecule has 1 aromatic carbocycles. The summed E-state index contributed by atoms with van der Waals surface area (Å²) in [7, 11) is 1.83. The third-order valence-corrected chi connectivity index (χ3v) is 7.10. The smallest absolute Gasteiger partial charge is 0.232 e. The second-order valence-electron chi connectivity index (χ2n) is 8.78. The molecule has 5 rings (SSSR count). The molecule has 2 aliphatic heterocycles. The van der Waals surface area contributed by atoms with Gasteiger partial charge in [-0.2, -0.15) is 0 Å². The number of amides is 1. The van der Waals surface area contributed by atoms with Crippen molar-refractivity contribution in [2.75, 3.05) is 42.2 Å². The van der Waals surface area contributed by atoms with Gasteiger partial charge in [-0.25, -0.2) is 4.39 Å². The van der Waals surface area contributed by atoms with Crippen LogP contribution in [0, 0.1) is 5.82 Å². The van der Waals surface area contributed by atoms with Crippen molar-refractivity contribution in [1.82, 2.24) is 25.7 Å². The summed E-state index contributed by atoms with van der Waals surface area (Å²) >= 11 is 1.45. The summed E-state index contributed by atoms with van der Waals surface area (Å²) in [5.41, 5.74) is 1.16. The number of hydrogen-bond acceptors (Lipinski definition) is 11. The first-order valence-corrected chi connectivity index (χ1v) is 13.4. The van der Waals surface area contributed by atoms with Crippen molar-refractivity contribution < 1.29 is 14.0 Å². The van der Waals surface area contributed by atoms with Crippen molar-refractivity contribution in [1.29, 1.82) is 0 Å². The minimum absolute atomic E-state index is 0.141. The quantitative estimate of drug-likeness (QED) is 0.361. The summed E-state index contributed by atoms with van der Waals surface area (Å²) in [6.07, 6.45) is 6.50. The lowest BCUT2D eigenvalue weighted by Crippen LogP contribution is -2.33. The lowest BCUT2D eigenvalue weighted by molar-refractivity contribution is -0.115. The average Bonchev–Trinajstić information content (AvgIpc) is 3.44. The maximum atomic E-state index is 12.6. The topological polar surface area (TPSA) is 137 Å². The minimum Gasteiger partial charge on any atom is -0.384 e. The summed E-state index contributed by atoms with van der Waals surface area (Å²) in [6.45, 7) is 2.47. The number of nitrogens with zero attached hydrogens (tertiary/aromatic N) is 6.